The number of benzene rings is 3. The van der Waals surface area contributed by atoms with Crippen LogP contribution in [-0.4, -0.2) is 18.8 Å². The average molecular weight is 392 g/mol. The van der Waals surface area contributed by atoms with E-state index >= 15 is 0 Å². The van der Waals surface area contributed by atoms with Crippen molar-refractivity contribution in [1.82, 2.24) is 4.31 Å². The first-order valence-electron chi connectivity index (χ1n) is 9.75. The highest BCUT2D eigenvalue weighted by Crippen LogP contribution is 2.41. The highest BCUT2D eigenvalue weighted by Gasteiger charge is 2.42. The maximum Gasteiger partial charge on any atom is 0.243 e. The van der Waals surface area contributed by atoms with Gasteiger partial charge in [-0.15, -0.1) is 0 Å². The molecule has 0 bridgehead atoms. The highest BCUT2D eigenvalue weighted by atomic mass is 32.2. The lowest BCUT2D eigenvalue weighted by Gasteiger charge is -2.30. The molecule has 0 amide bonds. The van der Waals surface area contributed by atoms with Crippen molar-refractivity contribution in [2.45, 2.75) is 43.2 Å². The molecule has 144 valence electrons. The van der Waals surface area contributed by atoms with Crippen molar-refractivity contribution in [2.75, 3.05) is 0 Å². The smallest absolute Gasteiger partial charge is 0.207 e. The summed E-state index contributed by atoms with van der Waals surface area (Å²) >= 11 is 0. The van der Waals surface area contributed by atoms with Crippen LogP contribution in [0.15, 0.2) is 89.8 Å². The lowest BCUT2D eigenvalue weighted by molar-refractivity contribution is 0.324. The Balaban J connectivity index is 1.74. The Morgan fingerprint density at radius 1 is 0.821 bits per heavy atom. The molecular weight excluding hydrogens is 366 g/mol. The molecule has 0 N–H and O–H groups in total. The van der Waals surface area contributed by atoms with E-state index in [2.05, 4.69) is 12.1 Å². The number of aryl methyl sites for hydroxylation is 1. The molecule has 1 saturated heterocycles. The van der Waals surface area contributed by atoms with E-state index in [1.807, 2.05) is 67.6 Å². The zero-order valence-corrected chi connectivity index (χ0v) is 16.8. The summed E-state index contributed by atoms with van der Waals surface area (Å²) in [5, 5.41) is 0. The first-order valence-corrected chi connectivity index (χ1v) is 11.2. The minimum atomic E-state index is -3.59. The van der Waals surface area contributed by atoms with Crippen molar-refractivity contribution in [3.8, 4) is 0 Å². The Morgan fingerprint density at radius 3 is 2.07 bits per heavy atom. The summed E-state index contributed by atoms with van der Waals surface area (Å²) in [7, 11) is -3.59. The molecule has 1 aliphatic heterocycles. The summed E-state index contributed by atoms with van der Waals surface area (Å²) in [6.45, 7) is 1.97. The third-order valence-corrected chi connectivity index (χ3v) is 7.51. The van der Waals surface area contributed by atoms with Crippen molar-refractivity contribution in [1.29, 1.82) is 0 Å². The van der Waals surface area contributed by atoms with Crippen LogP contribution >= 0.6 is 0 Å². The Morgan fingerprint density at radius 2 is 1.43 bits per heavy atom. The third kappa shape index (κ3) is 3.75. The van der Waals surface area contributed by atoms with Gasteiger partial charge in [0.1, 0.15) is 0 Å². The second kappa shape index (κ2) is 7.90. The van der Waals surface area contributed by atoms with Crippen molar-refractivity contribution in [3.05, 3.63) is 102 Å². The van der Waals surface area contributed by atoms with Crippen molar-refractivity contribution in [3.63, 3.8) is 0 Å². The fourth-order valence-corrected chi connectivity index (χ4v) is 5.98. The van der Waals surface area contributed by atoms with Crippen LogP contribution in [0.25, 0.3) is 0 Å². The monoisotopic (exact) mass is 391 g/mol. The van der Waals surface area contributed by atoms with E-state index in [4.69, 9.17) is 0 Å². The summed E-state index contributed by atoms with van der Waals surface area (Å²) in [4.78, 5) is 0.374. The minimum absolute atomic E-state index is 0.0427. The van der Waals surface area contributed by atoms with Gasteiger partial charge in [-0.05, 0) is 49.4 Å². The van der Waals surface area contributed by atoms with Crippen LogP contribution < -0.4 is 0 Å². The zero-order chi connectivity index (χ0) is 19.6. The van der Waals surface area contributed by atoms with Crippen LogP contribution in [0.1, 0.15) is 35.6 Å². The highest BCUT2D eigenvalue weighted by molar-refractivity contribution is 7.89. The van der Waals surface area contributed by atoms with Gasteiger partial charge >= 0.3 is 0 Å². The van der Waals surface area contributed by atoms with Gasteiger partial charge in [-0.1, -0.05) is 78.4 Å². The van der Waals surface area contributed by atoms with Gasteiger partial charge in [0.05, 0.1) is 10.9 Å². The van der Waals surface area contributed by atoms with E-state index in [-0.39, 0.29) is 12.1 Å². The van der Waals surface area contributed by atoms with Crippen molar-refractivity contribution >= 4 is 10.0 Å². The molecule has 0 radical (unpaired) electrons. The van der Waals surface area contributed by atoms with Crippen molar-refractivity contribution < 1.29 is 8.42 Å². The van der Waals surface area contributed by atoms with Crippen LogP contribution in [0.2, 0.25) is 0 Å². The molecule has 1 unspecified atom stereocenters. The van der Waals surface area contributed by atoms with E-state index in [0.29, 0.717) is 4.90 Å². The number of hydrogen-bond donors (Lipinski definition) is 0. The predicted octanol–water partition coefficient (Wildman–Crippen LogP) is 5.13. The number of sulfonamides is 1. The topological polar surface area (TPSA) is 37.4 Å². The molecule has 4 heteroatoms. The summed E-state index contributed by atoms with van der Waals surface area (Å²) in [6.07, 6.45) is 2.43. The van der Waals surface area contributed by atoms with Crippen LogP contribution in [0, 0.1) is 6.92 Å². The van der Waals surface area contributed by atoms with E-state index in [9.17, 15) is 8.42 Å². The fourth-order valence-electron chi connectivity index (χ4n) is 4.12. The largest absolute Gasteiger partial charge is 0.243 e. The van der Waals surface area contributed by atoms with E-state index in [1.54, 1.807) is 16.4 Å². The Labute approximate surface area is 167 Å². The quantitative estimate of drug-likeness (QED) is 0.604. The van der Waals surface area contributed by atoms with Crippen LogP contribution in [0.4, 0.5) is 0 Å². The third-order valence-electron chi connectivity index (χ3n) is 5.54. The van der Waals surface area contributed by atoms with Gasteiger partial charge in [-0.25, -0.2) is 8.42 Å². The van der Waals surface area contributed by atoms with Crippen molar-refractivity contribution in [2.24, 2.45) is 0 Å². The zero-order valence-electron chi connectivity index (χ0n) is 16.0. The van der Waals surface area contributed by atoms with Gasteiger partial charge in [0.2, 0.25) is 10.0 Å². The van der Waals surface area contributed by atoms with Crippen LogP contribution in [0.3, 0.4) is 0 Å². The lowest BCUT2D eigenvalue weighted by atomic mass is 10.0. The predicted molar refractivity (Wildman–Crippen MR) is 113 cm³/mol. The molecule has 0 saturated carbocycles. The summed E-state index contributed by atoms with van der Waals surface area (Å²) in [5.74, 6) is 0. The number of nitrogens with zero attached hydrogens (tertiary/aromatic N) is 1. The first kappa shape index (κ1) is 18.9. The summed E-state index contributed by atoms with van der Waals surface area (Å²) in [6, 6.07) is 27.2. The molecule has 28 heavy (non-hydrogen) atoms. The molecule has 1 fully saturated rings. The lowest BCUT2D eigenvalue weighted by Crippen LogP contribution is -2.38. The standard InChI is InChI=1S/C24H25NO2S/c1-19-12-15-23(16-13-19)28(26,27)25-22(18-20-8-4-2-5-9-20)14-17-24(25)21-10-6-3-7-11-21/h2-13,15-16,22,24H,14,17-18H2,1H3/t22-,24?/m0/s1. The van der Waals surface area contributed by atoms with Gasteiger partial charge < -0.3 is 0 Å². The maximum atomic E-state index is 13.7. The minimum Gasteiger partial charge on any atom is -0.207 e. The Kier molecular flexibility index (Phi) is 5.33. The number of rotatable bonds is 5. The second-order valence-electron chi connectivity index (χ2n) is 7.50. The molecule has 0 aromatic heterocycles. The van der Waals surface area contributed by atoms with Gasteiger partial charge in [0, 0.05) is 6.04 Å². The summed E-state index contributed by atoms with van der Waals surface area (Å²) in [5.41, 5.74) is 3.29. The first-order chi connectivity index (χ1) is 13.6. The van der Waals surface area contributed by atoms with Gasteiger partial charge in [-0.3, -0.25) is 0 Å². The molecule has 0 aliphatic carbocycles. The molecule has 3 aromatic rings. The average Bonchev–Trinajstić information content (AvgIpc) is 3.14. The SMILES string of the molecule is Cc1ccc(S(=O)(=O)N2C(c3ccccc3)CC[C@H]2Cc2ccccc2)cc1. The molecule has 0 spiro atoms. The van der Waals surface area contributed by atoms with E-state index in [1.165, 1.54) is 5.56 Å². The molecular formula is C24H25NO2S. The van der Waals surface area contributed by atoms with Gasteiger partial charge in [0.15, 0.2) is 0 Å². The Bertz CT molecular complexity index is 1020. The van der Waals surface area contributed by atoms with Crippen LogP contribution in [-0.2, 0) is 16.4 Å². The second-order valence-corrected chi connectivity index (χ2v) is 9.34. The molecule has 3 nitrogen and oxygen atoms in total. The Hall–Kier alpha value is -2.43. The van der Waals surface area contributed by atoms with E-state index < -0.39 is 10.0 Å². The molecule has 1 aliphatic rings. The number of hydrogen-bond acceptors (Lipinski definition) is 2. The molecule has 2 atom stereocenters. The van der Waals surface area contributed by atoms with Gasteiger partial charge in [-0.2, -0.15) is 4.31 Å². The van der Waals surface area contributed by atoms with E-state index in [0.717, 1.165) is 30.4 Å². The molecule has 4 rings (SSSR count). The normalized spacial score (nSPS) is 20.3. The molecule has 3 aromatic carbocycles. The van der Waals surface area contributed by atoms with Gasteiger partial charge in [0.25, 0.3) is 0 Å². The molecule has 1 heterocycles. The summed E-state index contributed by atoms with van der Waals surface area (Å²) < 4.78 is 29.1. The fraction of sp³-hybridized carbons (Fsp3) is 0.250. The van der Waals surface area contributed by atoms with Crippen LogP contribution in [0.5, 0.6) is 0 Å². The maximum absolute atomic E-state index is 13.7.